The van der Waals surface area contributed by atoms with Crippen molar-refractivity contribution in [3.05, 3.63) is 88.4 Å². The topological polar surface area (TPSA) is 304 Å². The summed E-state index contributed by atoms with van der Waals surface area (Å²) in [6.45, 7) is 9.45. The van der Waals surface area contributed by atoms with Crippen molar-refractivity contribution in [2.45, 2.75) is 133 Å². The molecule has 23 nitrogen and oxygen atoms in total. The number of hydrogen-bond donors (Lipinski definition) is 6. The monoisotopic (exact) mass is 1290 g/mol. The molecule has 6 unspecified atom stereocenters. The second kappa shape index (κ2) is 32.9. The van der Waals surface area contributed by atoms with E-state index in [4.69, 9.17) is 28.4 Å². The Hall–Kier alpha value is -6.16. The maximum absolute atomic E-state index is 14.5. The summed E-state index contributed by atoms with van der Waals surface area (Å²) in [4.78, 5) is 125. The molecule has 0 saturated carbocycles. The lowest BCUT2D eigenvalue weighted by Gasteiger charge is -2.40. The molecule has 25 heteroatoms. The lowest BCUT2D eigenvalue weighted by molar-refractivity contribution is -0.282. The number of aliphatic hydroxyl groups is 2. The molecule has 4 aliphatic rings. The normalized spacial score (nSPS) is 22.3. The zero-order valence-corrected chi connectivity index (χ0v) is 52.3. The first-order valence-electron chi connectivity index (χ1n) is 29.5. The number of likely N-dealkylation sites (tertiary alicyclic amines) is 1. The summed E-state index contributed by atoms with van der Waals surface area (Å²) < 4.78 is 33.8. The summed E-state index contributed by atoms with van der Waals surface area (Å²) in [5.74, 6) is -5.85. The molecule has 0 spiro atoms. The molecular formula is C62H81BrN6O17S. The van der Waals surface area contributed by atoms with E-state index >= 15 is 0 Å². The number of hydrogen-bond acceptors (Lipinski definition) is 18. The third kappa shape index (κ3) is 18.2. The molecule has 1 aliphatic carbocycles. The highest BCUT2D eigenvalue weighted by Gasteiger charge is 2.44. The Labute approximate surface area is 519 Å². The van der Waals surface area contributed by atoms with Crippen LogP contribution >= 0.6 is 27.7 Å². The highest BCUT2D eigenvalue weighted by molar-refractivity contribution is 9.10. The number of fused-ring (bicyclic) bond motifs is 3. The van der Waals surface area contributed by atoms with Crippen LogP contribution in [0.1, 0.15) is 90.2 Å². The average Bonchev–Trinajstić information content (AvgIpc) is 1.76. The minimum Gasteiger partial charge on any atom is -0.449 e. The molecule has 6 N–H and O–H groups in total. The van der Waals surface area contributed by atoms with E-state index in [1.54, 1.807) is 58.9 Å². The van der Waals surface area contributed by atoms with E-state index in [9.17, 15) is 53.4 Å². The standard InChI is InChI=1S/C62H81BrN6O17S/c1-35(2)54(67-58(77)46(34-87-51-30-53(73)69(59(51)78)40-21-19-39(63)20-22-40)66-62(80)85-31-45-43-15-9-7-13-41(43)42-14-8-10-16-44(42)45)60(79)68-24-11-17-47(68)49(71)29-36(3)57(76)65-38(5)48(70)18-12-25-82-27-28-83-26-23-64-52(72)33-84-32-50-37(4)55(74)56(75)61(81-6)86-50/h7-10,13-16,19-22,35-38,45-47,50-51,54-56,61,74-75H,11-12,17-18,23-34H2,1-6H3,(H,64,72)(H,65,76)(H,66,80)(H,67,77)/t36?,37-,38?,46?,47+,50?,51?,54-,55+,56?,61-/m1/s1. The van der Waals surface area contributed by atoms with Gasteiger partial charge in [-0.15, -0.1) is 11.8 Å². The fourth-order valence-corrected chi connectivity index (χ4v) is 12.4. The molecule has 87 heavy (non-hydrogen) atoms. The number of methoxy groups -OCH3 is 1. The molecule has 3 aliphatic heterocycles. The van der Waals surface area contributed by atoms with Crippen molar-refractivity contribution in [3.8, 4) is 11.1 Å². The Bertz CT molecular complexity index is 2850. The number of carbonyl (C=O) groups excluding carboxylic acids is 9. The van der Waals surface area contributed by atoms with Crippen molar-refractivity contribution >= 4 is 86.5 Å². The number of halogens is 1. The maximum Gasteiger partial charge on any atom is 0.407 e. The van der Waals surface area contributed by atoms with Crippen molar-refractivity contribution in [3.63, 3.8) is 0 Å². The van der Waals surface area contributed by atoms with Crippen LogP contribution in [0.2, 0.25) is 0 Å². The predicted molar refractivity (Wildman–Crippen MR) is 324 cm³/mol. The van der Waals surface area contributed by atoms with Gasteiger partial charge in [0.25, 0.3) is 0 Å². The highest BCUT2D eigenvalue weighted by atomic mass is 79.9. The molecule has 7 rings (SSSR count). The van der Waals surface area contributed by atoms with Gasteiger partial charge in [-0.05, 0) is 78.6 Å². The number of imide groups is 1. The summed E-state index contributed by atoms with van der Waals surface area (Å²) in [5, 5.41) is 30.3. The van der Waals surface area contributed by atoms with Crippen molar-refractivity contribution in [2.24, 2.45) is 17.8 Å². The summed E-state index contributed by atoms with van der Waals surface area (Å²) in [6, 6.07) is 18.2. The molecule has 3 heterocycles. The number of nitrogens with zero attached hydrogens (tertiary/aromatic N) is 2. The SMILES string of the molecule is CO[C@@H]1OC(COCC(=O)NCCOCCOCCCC(=O)C(C)NC(=O)C(C)CC(=O)[C@@H]2CCCN2C(=O)[C@H](NC(=O)C(CSC2CC(=O)N(c3ccc(Br)cc3)C2=O)NC(=O)OCC2c3ccccc3-c3ccccc32)C(C)C)[C@@H](C)[C@H](O)C1O. The van der Waals surface area contributed by atoms with Gasteiger partial charge < -0.3 is 64.8 Å². The molecule has 0 aromatic heterocycles. The molecule has 3 saturated heterocycles. The van der Waals surface area contributed by atoms with Gasteiger partial charge in [-0.25, -0.2) is 9.69 Å². The number of amides is 7. The number of thioether (sulfide) groups is 1. The molecule has 3 fully saturated rings. The Morgan fingerprint density at radius 3 is 2.14 bits per heavy atom. The first-order valence-corrected chi connectivity index (χ1v) is 31.4. The van der Waals surface area contributed by atoms with Gasteiger partial charge >= 0.3 is 6.09 Å². The quantitative estimate of drug-likeness (QED) is 0.0377. The van der Waals surface area contributed by atoms with E-state index in [1.807, 2.05) is 48.5 Å². The van der Waals surface area contributed by atoms with Crippen molar-refractivity contribution in [1.29, 1.82) is 0 Å². The smallest absolute Gasteiger partial charge is 0.407 e. The van der Waals surface area contributed by atoms with E-state index in [1.165, 1.54) is 12.0 Å². The number of Topliss-reactive ketones (excluding diaryl/α,β-unsaturated/α-hetero) is 2. The van der Waals surface area contributed by atoms with E-state index < -0.39 is 107 Å². The first kappa shape index (κ1) is 68.3. The number of ether oxygens (including phenoxy) is 6. The molecule has 0 radical (unpaired) electrons. The molecular weight excluding hydrogens is 1210 g/mol. The van der Waals surface area contributed by atoms with Crippen LogP contribution in [0.25, 0.3) is 11.1 Å². The first-order chi connectivity index (χ1) is 41.7. The number of alkyl carbamates (subject to hydrolysis) is 1. The second-order valence-electron chi connectivity index (χ2n) is 22.6. The zero-order chi connectivity index (χ0) is 62.9. The molecule has 3 aromatic rings. The number of anilines is 1. The van der Waals surface area contributed by atoms with E-state index in [2.05, 4.69) is 37.2 Å². The van der Waals surface area contributed by atoms with Crippen molar-refractivity contribution < 1.29 is 81.8 Å². The Morgan fingerprint density at radius 2 is 1.47 bits per heavy atom. The predicted octanol–water partition coefficient (Wildman–Crippen LogP) is 4.20. The zero-order valence-electron chi connectivity index (χ0n) is 49.9. The van der Waals surface area contributed by atoms with Gasteiger partial charge in [0.2, 0.25) is 35.4 Å². The van der Waals surface area contributed by atoms with Gasteiger partial charge in [-0.1, -0.05) is 92.2 Å². The molecule has 474 valence electrons. The summed E-state index contributed by atoms with van der Waals surface area (Å²) in [7, 11) is 1.35. The van der Waals surface area contributed by atoms with Crippen LogP contribution in [-0.2, 0) is 66.8 Å². The van der Waals surface area contributed by atoms with Crippen molar-refractivity contribution in [2.75, 3.05) is 77.1 Å². The fourth-order valence-electron chi connectivity index (χ4n) is 11.0. The fraction of sp³-hybridized carbons (Fsp3) is 0.565. The van der Waals surface area contributed by atoms with Gasteiger partial charge in [-0.2, -0.15) is 0 Å². The van der Waals surface area contributed by atoms with Gasteiger partial charge in [0.15, 0.2) is 17.9 Å². The minimum absolute atomic E-state index is 0.0168. The van der Waals surface area contributed by atoms with Crippen LogP contribution in [-0.4, -0.2) is 194 Å². The molecule has 7 amide bonds. The molecule has 11 atom stereocenters. The summed E-state index contributed by atoms with van der Waals surface area (Å²) in [6.07, 6.45) is -3.78. The van der Waals surface area contributed by atoms with E-state index in [0.717, 1.165) is 43.4 Å². The lowest BCUT2D eigenvalue weighted by atomic mass is 9.91. The third-order valence-corrected chi connectivity index (χ3v) is 17.8. The van der Waals surface area contributed by atoms with Crippen LogP contribution in [0.3, 0.4) is 0 Å². The Balaban J connectivity index is 0.837. The molecule has 0 bridgehead atoms. The van der Waals surface area contributed by atoms with E-state index in [0.29, 0.717) is 24.9 Å². The number of rotatable bonds is 32. The molecule has 3 aromatic carbocycles. The number of ketones is 2. The second-order valence-corrected chi connectivity index (χ2v) is 24.7. The minimum atomic E-state index is -1.34. The van der Waals surface area contributed by atoms with Crippen LogP contribution in [0.15, 0.2) is 77.3 Å². The Morgan fingerprint density at radius 1 is 0.805 bits per heavy atom. The average molecular weight is 1290 g/mol. The van der Waals surface area contributed by atoms with Crippen LogP contribution < -0.4 is 26.2 Å². The van der Waals surface area contributed by atoms with Crippen molar-refractivity contribution in [1.82, 2.24) is 26.2 Å². The number of carbonyl (C=O) groups is 9. The summed E-state index contributed by atoms with van der Waals surface area (Å²) >= 11 is 4.40. The summed E-state index contributed by atoms with van der Waals surface area (Å²) in [5.41, 5.74) is 4.42. The number of benzene rings is 3. The van der Waals surface area contributed by atoms with Gasteiger partial charge in [0.1, 0.15) is 31.4 Å². The van der Waals surface area contributed by atoms with Gasteiger partial charge in [0, 0.05) is 74.0 Å². The van der Waals surface area contributed by atoms with Crippen LogP contribution in [0.5, 0.6) is 0 Å². The van der Waals surface area contributed by atoms with Crippen LogP contribution in [0.4, 0.5) is 10.5 Å². The van der Waals surface area contributed by atoms with Gasteiger partial charge in [0.05, 0.1) is 61.7 Å². The maximum atomic E-state index is 14.5. The highest BCUT2D eigenvalue weighted by Crippen LogP contribution is 2.44. The lowest BCUT2D eigenvalue weighted by Crippen LogP contribution is -2.58. The van der Waals surface area contributed by atoms with Gasteiger partial charge in [-0.3, -0.25) is 38.4 Å². The largest absolute Gasteiger partial charge is 0.449 e. The van der Waals surface area contributed by atoms with Crippen LogP contribution in [0, 0.1) is 17.8 Å². The number of nitrogens with one attached hydrogen (secondary N) is 4. The van der Waals surface area contributed by atoms with E-state index in [-0.39, 0.29) is 108 Å². The Kier molecular flexibility index (Phi) is 25.8. The number of aliphatic hydroxyl groups excluding tert-OH is 2. The third-order valence-electron chi connectivity index (χ3n) is 16.0.